The maximum Gasteiger partial charge on any atom is 0.303 e. The first-order valence-electron chi connectivity index (χ1n) is 10.3. The summed E-state index contributed by atoms with van der Waals surface area (Å²) in [5.41, 5.74) is 1.06. The number of ether oxygens (including phenoxy) is 1. The average Bonchev–Trinajstić information content (AvgIpc) is 3.28. The first-order chi connectivity index (χ1) is 14.2. The molecule has 2 fully saturated rings. The van der Waals surface area contributed by atoms with Crippen LogP contribution in [-0.2, 0) is 16.1 Å². The number of carboxylic acid groups (broad SMARTS) is 1. The van der Waals surface area contributed by atoms with Crippen LogP contribution in [0.25, 0.3) is 11.6 Å². The van der Waals surface area contributed by atoms with Crippen LogP contribution in [0.5, 0.6) is 0 Å². The second-order valence-electron chi connectivity index (χ2n) is 7.82. The van der Waals surface area contributed by atoms with E-state index in [1.165, 1.54) is 0 Å². The van der Waals surface area contributed by atoms with Crippen LogP contribution in [0, 0.1) is 5.92 Å². The van der Waals surface area contributed by atoms with Crippen molar-refractivity contribution in [2.75, 3.05) is 39.4 Å². The van der Waals surface area contributed by atoms with Gasteiger partial charge in [0.25, 0.3) is 0 Å². The molecule has 4 heterocycles. The number of carboxylic acids is 1. The minimum atomic E-state index is -0.718. The number of nitrogens with zero attached hydrogens (tertiary/aromatic N) is 4. The lowest BCUT2D eigenvalue weighted by atomic mass is 9.86. The SMILES string of the molecule is O=C(O)CC[C@@H]1CN(Cc2cnc(-c3ccco3)nc2)CC[C@@H]1N1CCOCC1. The molecule has 0 aromatic carbocycles. The van der Waals surface area contributed by atoms with Gasteiger partial charge in [-0.15, -0.1) is 0 Å². The molecule has 0 spiro atoms. The van der Waals surface area contributed by atoms with Crippen LogP contribution in [0.4, 0.5) is 0 Å². The van der Waals surface area contributed by atoms with Crippen LogP contribution in [-0.4, -0.2) is 76.3 Å². The molecule has 2 aliphatic rings. The Balaban J connectivity index is 1.38. The number of furan rings is 1. The summed E-state index contributed by atoms with van der Waals surface area (Å²) in [7, 11) is 0. The van der Waals surface area contributed by atoms with Crippen molar-refractivity contribution in [3.63, 3.8) is 0 Å². The predicted molar refractivity (Wildman–Crippen MR) is 106 cm³/mol. The highest BCUT2D eigenvalue weighted by atomic mass is 16.5. The first-order valence-corrected chi connectivity index (χ1v) is 10.3. The van der Waals surface area contributed by atoms with Crippen LogP contribution in [0.3, 0.4) is 0 Å². The molecular formula is C21H28N4O4. The van der Waals surface area contributed by atoms with Gasteiger partial charge in [-0.1, -0.05) is 0 Å². The van der Waals surface area contributed by atoms with E-state index in [0.29, 0.717) is 30.0 Å². The van der Waals surface area contributed by atoms with Crippen molar-refractivity contribution in [3.8, 4) is 11.6 Å². The Kier molecular flexibility index (Phi) is 6.53. The average molecular weight is 400 g/mol. The lowest BCUT2D eigenvalue weighted by molar-refractivity contribution is -0.137. The highest BCUT2D eigenvalue weighted by molar-refractivity contribution is 5.66. The number of morpholine rings is 1. The molecule has 4 rings (SSSR count). The minimum absolute atomic E-state index is 0.223. The van der Waals surface area contributed by atoms with Crippen molar-refractivity contribution in [1.29, 1.82) is 0 Å². The Hall–Kier alpha value is -2.29. The highest BCUT2D eigenvalue weighted by Crippen LogP contribution is 2.28. The molecule has 156 valence electrons. The Morgan fingerprint density at radius 3 is 2.69 bits per heavy atom. The van der Waals surface area contributed by atoms with E-state index in [1.807, 2.05) is 24.5 Å². The van der Waals surface area contributed by atoms with E-state index in [-0.39, 0.29) is 6.42 Å². The Morgan fingerprint density at radius 2 is 2.00 bits per heavy atom. The molecule has 0 aliphatic carbocycles. The Morgan fingerprint density at radius 1 is 1.21 bits per heavy atom. The molecule has 2 aliphatic heterocycles. The zero-order chi connectivity index (χ0) is 20.1. The summed E-state index contributed by atoms with van der Waals surface area (Å²) in [5, 5.41) is 9.17. The summed E-state index contributed by atoms with van der Waals surface area (Å²) in [6, 6.07) is 4.10. The smallest absolute Gasteiger partial charge is 0.303 e. The van der Waals surface area contributed by atoms with E-state index in [2.05, 4.69) is 19.8 Å². The molecule has 0 bridgehead atoms. The monoisotopic (exact) mass is 400 g/mol. The van der Waals surface area contributed by atoms with Gasteiger partial charge in [0.15, 0.2) is 11.6 Å². The largest absolute Gasteiger partial charge is 0.481 e. The summed E-state index contributed by atoms with van der Waals surface area (Å²) in [6.07, 6.45) is 7.30. The highest BCUT2D eigenvalue weighted by Gasteiger charge is 2.34. The van der Waals surface area contributed by atoms with Crippen molar-refractivity contribution < 1.29 is 19.1 Å². The zero-order valence-corrected chi connectivity index (χ0v) is 16.6. The lowest BCUT2D eigenvalue weighted by Gasteiger charge is -2.45. The molecule has 0 radical (unpaired) electrons. The number of hydrogen-bond acceptors (Lipinski definition) is 7. The van der Waals surface area contributed by atoms with Gasteiger partial charge in [-0.25, -0.2) is 9.97 Å². The Bertz CT molecular complexity index is 774. The summed E-state index contributed by atoms with van der Waals surface area (Å²) >= 11 is 0. The maximum absolute atomic E-state index is 11.2. The summed E-state index contributed by atoms with van der Waals surface area (Å²) in [5.74, 6) is 0.881. The third-order valence-corrected chi connectivity index (χ3v) is 5.87. The third-order valence-electron chi connectivity index (χ3n) is 5.87. The van der Waals surface area contributed by atoms with Gasteiger partial charge in [0.05, 0.1) is 19.5 Å². The normalized spacial score (nSPS) is 23.9. The number of rotatable bonds is 7. The molecule has 0 saturated carbocycles. The summed E-state index contributed by atoms with van der Waals surface area (Å²) in [4.78, 5) is 24.9. The fraction of sp³-hybridized carbons (Fsp3) is 0.571. The van der Waals surface area contributed by atoms with Gasteiger partial charge in [-0.2, -0.15) is 0 Å². The first kappa shape index (κ1) is 20.0. The van der Waals surface area contributed by atoms with Crippen LogP contribution in [0.15, 0.2) is 35.2 Å². The summed E-state index contributed by atoms with van der Waals surface area (Å²) in [6.45, 7) is 6.09. The van der Waals surface area contributed by atoms with Gasteiger partial charge >= 0.3 is 5.97 Å². The second-order valence-corrected chi connectivity index (χ2v) is 7.82. The van der Waals surface area contributed by atoms with Gasteiger partial charge in [0.1, 0.15) is 0 Å². The quantitative estimate of drug-likeness (QED) is 0.756. The van der Waals surface area contributed by atoms with Crippen molar-refractivity contribution >= 4 is 5.97 Å². The summed E-state index contributed by atoms with van der Waals surface area (Å²) < 4.78 is 10.8. The molecule has 1 N–H and O–H groups in total. The molecule has 0 amide bonds. The molecule has 2 saturated heterocycles. The molecule has 8 heteroatoms. The maximum atomic E-state index is 11.2. The van der Waals surface area contributed by atoms with Crippen LogP contribution < -0.4 is 0 Å². The van der Waals surface area contributed by atoms with Crippen molar-refractivity contribution in [2.24, 2.45) is 5.92 Å². The number of hydrogen-bond donors (Lipinski definition) is 1. The van der Waals surface area contributed by atoms with E-state index < -0.39 is 5.97 Å². The molecule has 2 aromatic heterocycles. The topological polar surface area (TPSA) is 91.9 Å². The number of piperidine rings is 1. The van der Waals surface area contributed by atoms with E-state index in [4.69, 9.17) is 9.15 Å². The Labute approximate surface area is 170 Å². The van der Waals surface area contributed by atoms with E-state index >= 15 is 0 Å². The van der Waals surface area contributed by atoms with Crippen LogP contribution in [0.1, 0.15) is 24.8 Å². The number of aromatic nitrogens is 2. The second kappa shape index (κ2) is 9.47. The van der Waals surface area contributed by atoms with Gasteiger partial charge in [-0.05, 0) is 37.4 Å². The van der Waals surface area contributed by atoms with Gasteiger partial charge in [-0.3, -0.25) is 14.6 Å². The van der Waals surface area contributed by atoms with Crippen LogP contribution in [0.2, 0.25) is 0 Å². The van der Waals surface area contributed by atoms with E-state index in [0.717, 1.165) is 57.9 Å². The molecule has 8 nitrogen and oxygen atoms in total. The molecular weight excluding hydrogens is 372 g/mol. The standard InChI is InChI=1S/C21H28N4O4/c26-20(27)4-3-17-15-24(6-5-18(17)25-7-10-28-11-8-25)14-16-12-22-21(23-13-16)19-2-1-9-29-19/h1-2,9,12-13,17-18H,3-8,10-11,14-15H2,(H,26,27)/t17-,18+/m1/s1. The van der Waals surface area contributed by atoms with Gasteiger partial charge in [0, 0.05) is 56.6 Å². The number of carbonyl (C=O) groups is 1. The third kappa shape index (κ3) is 5.20. The number of aliphatic carboxylic acids is 1. The lowest BCUT2D eigenvalue weighted by Crippen LogP contribution is -2.53. The van der Waals surface area contributed by atoms with E-state index in [1.54, 1.807) is 6.26 Å². The van der Waals surface area contributed by atoms with Crippen molar-refractivity contribution in [2.45, 2.75) is 31.8 Å². The fourth-order valence-electron chi connectivity index (χ4n) is 4.45. The van der Waals surface area contributed by atoms with Crippen LogP contribution >= 0.6 is 0 Å². The van der Waals surface area contributed by atoms with Crippen molar-refractivity contribution in [3.05, 3.63) is 36.4 Å². The molecule has 2 atom stereocenters. The molecule has 0 unspecified atom stereocenters. The van der Waals surface area contributed by atoms with E-state index in [9.17, 15) is 9.90 Å². The van der Waals surface area contributed by atoms with Crippen molar-refractivity contribution in [1.82, 2.24) is 19.8 Å². The predicted octanol–water partition coefficient (Wildman–Crippen LogP) is 2.12. The molecule has 2 aromatic rings. The minimum Gasteiger partial charge on any atom is -0.481 e. The van der Waals surface area contributed by atoms with Gasteiger partial charge < -0.3 is 14.3 Å². The van der Waals surface area contributed by atoms with Gasteiger partial charge in [0.2, 0.25) is 0 Å². The molecule has 29 heavy (non-hydrogen) atoms. The number of likely N-dealkylation sites (tertiary alicyclic amines) is 1. The zero-order valence-electron chi connectivity index (χ0n) is 16.6. The fourth-order valence-corrected chi connectivity index (χ4v) is 4.45.